The van der Waals surface area contributed by atoms with Crippen molar-refractivity contribution in [3.63, 3.8) is 0 Å². The molecule has 0 aliphatic heterocycles. The summed E-state index contributed by atoms with van der Waals surface area (Å²) in [4.78, 5) is 3.85. The van der Waals surface area contributed by atoms with Gasteiger partial charge in [0.1, 0.15) is 11.6 Å². The first-order valence-electron chi connectivity index (χ1n) is 3.86. The van der Waals surface area contributed by atoms with E-state index in [-0.39, 0.29) is 5.82 Å². The monoisotopic (exact) mass is 177 g/mol. The molecule has 0 bridgehead atoms. The maximum atomic E-state index is 12.5. The van der Waals surface area contributed by atoms with E-state index < -0.39 is 0 Å². The molecule has 4 heteroatoms. The fraction of sp³-hybridized carbons (Fsp3) is 0. The van der Waals surface area contributed by atoms with E-state index in [9.17, 15) is 4.39 Å². The normalized spacial score (nSPS) is 9.92. The highest BCUT2D eigenvalue weighted by atomic mass is 19.1. The third-order valence-corrected chi connectivity index (χ3v) is 1.58. The van der Waals surface area contributed by atoms with Crippen LogP contribution in [0.15, 0.2) is 42.9 Å². The van der Waals surface area contributed by atoms with Crippen LogP contribution in [0.25, 0.3) is 0 Å². The Balaban J connectivity index is 2.15. The molecule has 0 radical (unpaired) electrons. The lowest BCUT2D eigenvalue weighted by atomic mass is 10.4. The lowest BCUT2D eigenvalue weighted by Gasteiger charge is -2.04. The summed E-state index contributed by atoms with van der Waals surface area (Å²) in [5.74, 6) is 0.274. The maximum Gasteiger partial charge on any atom is 0.145 e. The number of halogens is 1. The molecule has 0 amide bonds. The molecule has 0 aromatic carbocycles. The number of nitrogens with zero attached hydrogens (tertiary/aromatic N) is 2. The smallest absolute Gasteiger partial charge is 0.145 e. The third kappa shape index (κ3) is 1.84. The van der Waals surface area contributed by atoms with E-state index in [0.717, 1.165) is 0 Å². The van der Waals surface area contributed by atoms with E-state index in [4.69, 9.17) is 0 Å². The van der Waals surface area contributed by atoms with Gasteiger partial charge in [0.25, 0.3) is 0 Å². The van der Waals surface area contributed by atoms with Crippen molar-refractivity contribution in [2.24, 2.45) is 0 Å². The van der Waals surface area contributed by atoms with Gasteiger partial charge in [-0.15, -0.1) is 0 Å². The summed E-state index contributed by atoms with van der Waals surface area (Å²) in [6, 6.07) is 6.71. The van der Waals surface area contributed by atoms with Gasteiger partial charge in [0.2, 0.25) is 0 Å². The minimum Gasteiger partial charge on any atom is -0.278 e. The van der Waals surface area contributed by atoms with Gasteiger partial charge in [0.05, 0.1) is 6.20 Å². The Bertz CT molecular complexity index is 366. The molecule has 66 valence electrons. The van der Waals surface area contributed by atoms with Gasteiger partial charge in [-0.2, -0.15) is 0 Å². The van der Waals surface area contributed by atoms with Crippen molar-refractivity contribution in [2.75, 3.05) is 5.43 Å². The second-order valence-electron chi connectivity index (χ2n) is 2.56. The number of hydrogen-bond donors (Lipinski definition) is 1. The predicted octanol–water partition coefficient (Wildman–Crippen LogP) is 1.90. The zero-order valence-corrected chi connectivity index (χ0v) is 6.81. The van der Waals surface area contributed by atoms with Crippen molar-refractivity contribution in [2.45, 2.75) is 0 Å². The van der Waals surface area contributed by atoms with Crippen molar-refractivity contribution >= 4 is 5.82 Å². The molecular weight excluding hydrogens is 169 g/mol. The Hall–Kier alpha value is -1.84. The SMILES string of the molecule is Fc1ccc(Nn2cccc2)nc1. The Labute approximate surface area is 74.8 Å². The summed E-state index contributed by atoms with van der Waals surface area (Å²) in [6.07, 6.45) is 4.85. The van der Waals surface area contributed by atoms with Crippen LogP contribution in [0.4, 0.5) is 10.2 Å². The fourth-order valence-corrected chi connectivity index (χ4v) is 0.983. The molecular formula is C9H8FN3. The van der Waals surface area contributed by atoms with Crippen LogP contribution < -0.4 is 5.43 Å². The molecule has 0 atom stereocenters. The molecule has 0 saturated carbocycles. The third-order valence-electron chi connectivity index (χ3n) is 1.58. The summed E-state index contributed by atoms with van der Waals surface area (Å²) in [5.41, 5.74) is 2.95. The Morgan fingerprint density at radius 1 is 1.23 bits per heavy atom. The van der Waals surface area contributed by atoms with Gasteiger partial charge < -0.3 is 0 Å². The predicted molar refractivity (Wildman–Crippen MR) is 47.6 cm³/mol. The average molecular weight is 177 g/mol. The Kier molecular flexibility index (Phi) is 1.96. The van der Waals surface area contributed by atoms with Crippen LogP contribution >= 0.6 is 0 Å². The van der Waals surface area contributed by atoms with E-state index in [1.807, 2.05) is 24.5 Å². The fourth-order valence-electron chi connectivity index (χ4n) is 0.983. The van der Waals surface area contributed by atoms with Crippen LogP contribution in [0.2, 0.25) is 0 Å². The topological polar surface area (TPSA) is 29.9 Å². The molecule has 2 aromatic rings. The summed E-state index contributed by atoms with van der Waals surface area (Å²) < 4.78 is 14.2. The zero-order chi connectivity index (χ0) is 9.10. The number of rotatable bonds is 2. The maximum absolute atomic E-state index is 12.5. The van der Waals surface area contributed by atoms with Crippen LogP contribution in [-0.2, 0) is 0 Å². The van der Waals surface area contributed by atoms with Gasteiger partial charge in [0.15, 0.2) is 0 Å². The molecule has 2 aromatic heterocycles. The van der Waals surface area contributed by atoms with Gasteiger partial charge in [-0.1, -0.05) is 0 Å². The zero-order valence-electron chi connectivity index (χ0n) is 6.81. The summed E-state index contributed by atoms with van der Waals surface area (Å²) in [7, 11) is 0. The van der Waals surface area contributed by atoms with Crippen LogP contribution in [0, 0.1) is 5.82 Å². The van der Waals surface area contributed by atoms with E-state index in [2.05, 4.69) is 10.4 Å². The molecule has 13 heavy (non-hydrogen) atoms. The van der Waals surface area contributed by atoms with Crippen molar-refractivity contribution in [1.82, 2.24) is 9.66 Å². The first kappa shape index (κ1) is 7.79. The standard InChI is InChI=1S/C9H8FN3/c10-8-3-4-9(11-7-8)12-13-5-1-2-6-13/h1-7H,(H,11,12). The minimum absolute atomic E-state index is 0.335. The van der Waals surface area contributed by atoms with E-state index in [1.54, 1.807) is 10.7 Å². The van der Waals surface area contributed by atoms with Gasteiger partial charge in [-0.25, -0.2) is 9.37 Å². The van der Waals surface area contributed by atoms with Gasteiger partial charge in [-0.3, -0.25) is 10.1 Å². The summed E-state index contributed by atoms with van der Waals surface area (Å²) >= 11 is 0. The van der Waals surface area contributed by atoms with Crippen LogP contribution in [-0.4, -0.2) is 9.66 Å². The number of pyridine rings is 1. The van der Waals surface area contributed by atoms with Crippen molar-refractivity contribution in [3.8, 4) is 0 Å². The highest BCUT2D eigenvalue weighted by Crippen LogP contribution is 2.03. The van der Waals surface area contributed by atoms with Crippen LogP contribution in [0.5, 0.6) is 0 Å². The van der Waals surface area contributed by atoms with Crippen molar-refractivity contribution in [3.05, 3.63) is 48.7 Å². The lowest BCUT2D eigenvalue weighted by molar-refractivity contribution is 0.621. The molecule has 0 spiro atoms. The Morgan fingerprint density at radius 3 is 2.62 bits per heavy atom. The molecule has 2 heterocycles. The van der Waals surface area contributed by atoms with E-state index in [1.165, 1.54) is 12.3 Å². The molecule has 0 aliphatic carbocycles. The van der Waals surface area contributed by atoms with Crippen molar-refractivity contribution < 1.29 is 4.39 Å². The average Bonchev–Trinajstić information content (AvgIpc) is 2.62. The molecule has 2 rings (SSSR count). The number of aromatic nitrogens is 2. The molecule has 0 aliphatic rings. The largest absolute Gasteiger partial charge is 0.278 e. The first-order chi connectivity index (χ1) is 6.34. The van der Waals surface area contributed by atoms with Crippen molar-refractivity contribution in [1.29, 1.82) is 0 Å². The number of nitrogens with one attached hydrogen (secondary N) is 1. The summed E-state index contributed by atoms with van der Waals surface area (Å²) in [5, 5.41) is 0. The quantitative estimate of drug-likeness (QED) is 0.759. The molecule has 0 fully saturated rings. The Morgan fingerprint density at radius 2 is 2.00 bits per heavy atom. The molecule has 1 N–H and O–H groups in total. The van der Waals surface area contributed by atoms with E-state index in [0.29, 0.717) is 5.82 Å². The highest BCUT2D eigenvalue weighted by Gasteiger charge is 1.93. The second-order valence-corrected chi connectivity index (χ2v) is 2.56. The van der Waals surface area contributed by atoms with Crippen LogP contribution in [0.3, 0.4) is 0 Å². The second kappa shape index (κ2) is 3.26. The first-order valence-corrected chi connectivity index (χ1v) is 3.86. The summed E-state index contributed by atoms with van der Waals surface area (Å²) in [6.45, 7) is 0. The van der Waals surface area contributed by atoms with Gasteiger partial charge >= 0.3 is 0 Å². The van der Waals surface area contributed by atoms with Gasteiger partial charge in [-0.05, 0) is 24.3 Å². The van der Waals surface area contributed by atoms with Gasteiger partial charge in [0, 0.05) is 12.4 Å². The molecule has 0 saturated heterocycles. The van der Waals surface area contributed by atoms with Crippen LogP contribution in [0.1, 0.15) is 0 Å². The number of anilines is 1. The molecule has 0 unspecified atom stereocenters. The van der Waals surface area contributed by atoms with E-state index >= 15 is 0 Å². The minimum atomic E-state index is -0.335. The number of hydrogen-bond acceptors (Lipinski definition) is 2. The highest BCUT2D eigenvalue weighted by molar-refractivity contribution is 5.33. The molecule has 3 nitrogen and oxygen atoms in total. The lowest BCUT2D eigenvalue weighted by Crippen LogP contribution is -2.06.